The Morgan fingerprint density at radius 2 is 1.88 bits per heavy atom. The van der Waals surface area contributed by atoms with Crippen LogP contribution in [-0.4, -0.2) is 43.4 Å². The third-order valence-corrected chi connectivity index (χ3v) is 6.32. The molecule has 3 fully saturated rings. The second-order valence-corrected chi connectivity index (χ2v) is 8.01. The van der Waals surface area contributed by atoms with Gasteiger partial charge in [0.05, 0.1) is 13.2 Å². The molecule has 2 atom stereocenters. The van der Waals surface area contributed by atoms with Crippen molar-refractivity contribution in [1.29, 1.82) is 0 Å². The summed E-state index contributed by atoms with van der Waals surface area (Å²) in [6.45, 7) is 5.56. The molecule has 0 bridgehead atoms. The predicted molar refractivity (Wildman–Crippen MR) is 102 cm³/mol. The van der Waals surface area contributed by atoms with Gasteiger partial charge in [0, 0.05) is 43.0 Å². The standard InChI is InChI=1S/C20H31N3O2/c1-15-14-25-11-10-22(15)17-12-19(21-20(24)13-17)23-9-5-8-18(23)16-6-3-2-4-7-16/h12-13,15-16,18H,2-11,14H2,1H3,(H,21,24)/t15-,18?/m1/s1. The highest BCUT2D eigenvalue weighted by molar-refractivity contribution is 5.56. The third-order valence-electron chi connectivity index (χ3n) is 6.32. The molecule has 25 heavy (non-hydrogen) atoms. The molecule has 2 saturated heterocycles. The molecular weight excluding hydrogens is 314 g/mol. The van der Waals surface area contributed by atoms with Gasteiger partial charge in [-0.1, -0.05) is 19.3 Å². The van der Waals surface area contributed by atoms with Gasteiger partial charge in [-0.15, -0.1) is 0 Å². The molecule has 5 heteroatoms. The molecule has 1 unspecified atom stereocenters. The highest BCUT2D eigenvalue weighted by Crippen LogP contribution is 2.36. The number of hydrogen-bond donors (Lipinski definition) is 1. The van der Waals surface area contributed by atoms with Gasteiger partial charge >= 0.3 is 0 Å². The van der Waals surface area contributed by atoms with Gasteiger partial charge in [-0.05, 0) is 38.5 Å². The monoisotopic (exact) mass is 345 g/mol. The SMILES string of the molecule is C[C@@H]1COCCN1c1cc(N2CCCC2C2CCCCC2)[nH]c(=O)c1. The summed E-state index contributed by atoms with van der Waals surface area (Å²) in [5.74, 6) is 1.82. The molecule has 0 aromatic carbocycles. The first kappa shape index (κ1) is 17.0. The zero-order valence-corrected chi connectivity index (χ0v) is 15.4. The van der Waals surface area contributed by atoms with Crippen LogP contribution in [-0.2, 0) is 4.74 Å². The van der Waals surface area contributed by atoms with E-state index in [9.17, 15) is 4.79 Å². The lowest BCUT2D eigenvalue weighted by molar-refractivity contribution is 0.0989. The Morgan fingerprint density at radius 3 is 2.68 bits per heavy atom. The maximum atomic E-state index is 12.4. The fourth-order valence-corrected chi connectivity index (χ4v) is 5.05. The first-order valence-electron chi connectivity index (χ1n) is 10.1. The lowest BCUT2D eigenvalue weighted by Gasteiger charge is -2.37. The van der Waals surface area contributed by atoms with Crippen LogP contribution in [0, 0.1) is 5.92 Å². The number of rotatable bonds is 3. The molecular formula is C20H31N3O2. The van der Waals surface area contributed by atoms with Gasteiger partial charge in [0.1, 0.15) is 5.82 Å². The van der Waals surface area contributed by atoms with Crippen molar-refractivity contribution in [3.63, 3.8) is 0 Å². The average Bonchev–Trinajstić information content (AvgIpc) is 3.12. The molecule has 4 rings (SSSR count). The highest BCUT2D eigenvalue weighted by Gasteiger charge is 2.33. The number of pyridine rings is 1. The van der Waals surface area contributed by atoms with Crippen molar-refractivity contribution in [3.8, 4) is 0 Å². The first-order valence-corrected chi connectivity index (χ1v) is 10.1. The van der Waals surface area contributed by atoms with Gasteiger partial charge in [-0.25, -0.2) is 0 Å². The molecule has 138 valence electrons. The molecule has 3 heterocycles. The molecule has 0 radical (unpaired) electrons. The van der Waals surface area contributed by atoms with Crippen molar-refractivity contribution in [2.24, 2.45) is 5.92 Å². The number of anilines is 2. The van der Waals surface area contributed by atoms with Crippen molar-refractivity contribution in [3.05, 3.63) is 22.5 Å². The quantitative estimate of drug-likeness (QED) is 0.914. The minimum atomic E-state index is 0.0143. The zero-order valence-electron chi connectivity index (χ0n) is 15.4. The van der Waals surface area contributed by atoms with Crippen molar-refractivity contribution in [2.45, 2.75) is 64.0 Å². The van der Waals surface area contributed by atoms with Crippen LogP contribution in [0.2, 0.25) is 0 Å². The van der Waals surface area contributed by atoms with E-state index in [1.807, 2.05) is 0 Å². The van der Waals surface area contributed by atoms with Gasteiger partial charge in [-0.2, -0.15) is 0 Å². The minimum Gasteiger partial charge on any atom is -0.377 e. The van der Waals surface area contributed by atoms with E-state index in [1.165, 1.54) is 44.9 Å². The second kappa shape index (κ2) is 7.40. The Hall–Kier alpha value is -1.49. The number of nitrogens with zero attached hydrogens (tertiary/aromatic N) is 2. The maximum Gasteiger partial charge on any atom is 0.251 e. The van der Waals surface area contributed by atoms with Gasteiger partial charge in [-0.3, -0.25) is 4.79 Å². The van der Waals surface area contributed by atoms with Crippen LogP contribution in [0.3, 0.4) is 0 Å². The maximum absolute atomic E-state index is 12.4. The Labute approximate surface area is 150 Å². The largest absolute Gasteiger partial charge is 0.377 e. The number of nitrogens with one attached hydrogen (secondary N) is 1. The molecule has 1 N–H and O–H groups in total. The van der Waals surface area contributed by atoms with Crippen LogP contribution >= 0.6 is 0 Å². The van der Waals surface area contributed by atoms with Crippen LogP contribution in [0.5, 0.6) is 0 Å². The number of aromatic amines is 1. The molecule has 1 aromatic heterocycles. The summed E-state index contributed by atoms with van der Waals surface area (Å²) in [6.07, 6.45) is 9.35. The Morgan fingerprint density at radius 1 is 1.04 bits per heavy atom. The average molecular weight is 345 g/mol. The summed E-state index contributed by atoms with van der Waals surface area (Å²) in [4.78, 5) is 20.3. The summed E-state index contributed by atoms with van der Waals surface area (Å²) >= 11 is 0. The van der Waals surface area contributed by atoms with Crippen molar-refractivity contribution >= 4 is 11.5 Å². The topological polar surface area (TPSA) is 48.6 Å². The van der Waals surface area contributed by atoms with Crippen LogP contribution < -0.4 is 15.4 Å². The zero-order chi connectivity index (χ0) is 17.2. The molecule has 2 aliphatic heterocycles. The number of aromatic nitrogens is 1. The predicted octanol–water partition coefficient (Wildman–Crippen LogP) is 3.15. The van der Waals surface area contributed by atoms with Crippen LogP contribution in [0.4, 0.5) is 11.5 Å². The van der Waals surface area contributed by atoms with Crippen LogP contribution in [0.15, 0.2) is 16.9 Å². The molecule has 1 saturated carbocycles. The minimum absolute atomic E-state index is 0.0143. The van der Waals surface area contributed by atoms with Crippen LogP contribution in [0.25, 0.3) is 0 Å². The van der Waals surface area contributed by atoms with E-state index < -0.39 is 0 Å². The van der Waals surface area contributed by atoms with Gasteiger partial charge in [0.25, 0.3) is 5.56 Å². The number of ether oxygens (including phenoxy) is 1. The fourth-order valence-electron chi connectivity index (χ4n) is 5.05. The van der Waals surface area contributed by atoms with E-state index in [-0.39, 0.29) is 5.56 Å². The summed E-state index contributed by atoms with van der Waals surface area (Å²) in [5.41, 5.74) is 1.06. The molecule has 1 aromatic rings. The summed E-state index contributed by atoms with van der Waals surface area (Å²) < 4.78 is 5.55. The van der Waals surface area contributed by atoms with E-state index in [0.717, 1.165) is 43.7 Å². The van der Waals surface area contributed by atoms with Gasteiger partial charge in [0.2, 0.25) is 0 Å². The van der Waals surface area contributed by atoms with E-state index in [0.29, 0.717) is 12.1 Å². The van der Waals surface area contributed by atoms with E-state index in [4.69, 9.17) is 4.74 Å². The lowest BCUT2D eigenvalue weighted by Crippen LogP contribution is -2.44. The van der Waals surface area contributed by atoms with Crippen molar-refractivity contribution in [2.75, 3.05) is 36.1 Å². The normalized spacial score (nSPS) is 28.5. The third kappa shape index (κ3) is 3.57. The Kier molecular flexibility index (Phi) is 5.02. The van der Waals surface area contributed by atoms with Crippen molar-refractivity contribution in [1.82, 2.24) is 4.98 Å². The number of hydrogen-bond acceptors (Lipinski definition) is 4. The highest BCUT2D eigenvalue weighted by atomic mass is 16.5. The smallest absolute Gasteiger partial charge is 0.251 e. The van der Waals surface area contributed by atoms with E-state index >= 15 is 0 Å². The van der Waals surface area contributed by atoms with Crippen LogP contribution in [0.1, 0.15) is 51.9 Å². The summed E-state index contributed by atoms with van der Waals surface area (Å²) in [7, 11) is 0. The number of H-pyrrole nitrogens is 1. The summed E-state index contributed by atoms with van der Waals surface area (Å²) in [5, 5.41) is 0. The van der Waals surface area contributed by atoms with Gasteiger partial charge < -0.3 is 19.5 Å². The number of morpholine rings is 1. The lowest BCUT2D eigenvalue weighted by atomic mass is 9.83. The fraction of sp³-hybridized carbons (Fsp3) is 0.750. The Balaban J connectivity index is 1.59. The van der Waals surface area contributed by atoms with E-state index in [2.05, 4.69) is 27.8 Å². The van der Waals surface area contributed by atoms with E-state index in [1.54, 1.807) is 6.07 Å². The summed E-state index contributed by atoms with van der Waals surface area (Å²) in [6, 6.07) is 4.87. The first-order chi connectivity index (χ1) is 12.2. The molecule has 0 amide bonds. The Bertz CT molecular complexity index is 638. The van der Waals surface area contributed by atoms with Crippen molar-refractivity contribution < 1.29 is 4.74 Å². The second-order valence-electron chi connectivity index (χ2n) is 8.01. The molecule has 3 aliphatic rings. The molecule has 0 spiro atoms. The molecule has 1 aliphatic carbocycles. The van der Waals surface area contributed by atoms with Gasteiger partial charge in [0.15, 0.2) is 0 Å². The molecule has 5 nitrogen and oxygen atoms in total.